The second kappa shape index (κ2) is 5.05. The third-order valence-corrected chi connectivity index (χ3v) is 3.27. The predicted molar refractivity (Wildman–Crippen MR) is 58.5 cm³/mol. The molecule has 1 amide bonds. The lowest BCUT2D eigenvalue weighted by molar-refractivity contribution is -0.111. The molecule has 1 aromatic carbocycles. The number of anilines is 1. The number of sulfone groups is 1. The van der Waals surface area contributed by atoms with Crippen LogP contribution in [-0.4, -0.2) is 20.1 Å². The molecule has 7 heteroatoms. The molecule has 92 valence electrons. The number of nitrogens with one attached hydrogen (secondary N) is 1. The molecule has 0 spiro atoms. The molecule has 0 aromatic heterocycles. The standard InChI is InChI=1S/C10H9F2NO3S/c1-2-9(14)13-7-3-5-8(6-4-7)17(15,16)10(11)12/h2-6,10H,1H2,(H,13,14). The number of halogens is 2. The number of carbonyl (C=O) groups is 1. The third kappa shape index (κ3) is 3.10. The average Bonchev–Trinajstić information content (AvgIpc) is 2.29. The number of hydrogen-bond acceptors (Lipinski definition) is 3. The zero-order valence-electron chi connectivity index (χ0n) is 8.56. The minimum absolute atomic E-state index is 0.295. The Kier molecular flexibility index (Phi) is 3.95. The van der Waals surface area contributed by atoms with Gasteiger partial charge < -0.3 is 5.32 Å². The van der Waals surface area contributed by atoms with Crippen molar-refractivity contribution in [2.45, 2.75) is 10.7 Å². The monoisotopic (exact) mass is 261 g/mol. The van der Waals surface area contributed by atoms with Crippen LogP contribution in [0.5, 0.6) is 0 Å². The SMILES string of the molecule is C=CC(=O)Nc1ccc(S(=O)(=O)C(F)F)cc1. The Morgan fingerprint density at radius 3 is 2.24 bits per heavy atom. The van der Waals surface area contributed by atoms with Gasteiger partial charge in [-0.05, 0) is 30.3 Å². The van der Waals surface area contributed by atoms with Gasteiger partial charge in [0.1, 0.15) is 0 Å². The molecule has 0 bridgehead atoms. The molecular weight excluding hydrogens is 252 g/mol. The van der Waals surface area contributed by atoms with Gasteiger partial charge in [0.25, 0.3) is 0 Å². The van der Waals surface area contributed by atoms with Crippen molar-refractivity contribution in [1.29, 1.82) is 0 Å². The highest BCUT2D eigenvalue weighted by Crippen LogP contribution is 2.20. The van der Waals surface area contributed by atoms with Crippen molar-refractivity contribution in [3.63, 3.8) is 0 Å². The van der Waals surface area contributed by atoms with Crippen LogP contribution in [0, 0.1) is 0 Å². The molecule has 0 atom stereocenters. The molecule has 0 aliphatic carbocycles. The van der Waals surface area contributed by atoms with Crippen LogP contribution in [0.3, 0.4) is 0 Å². The van der Waals surface area contributed by atoms with Crippen LogP contribution >= 0.6 is 0 Å². The van der Waals surface area contributed by atoms with Crippen LogP contribution in [0.4, 0.5) is 14.5 Å². The first kappa shape index (κ1) is 13.3. The van der Waals surface area contributed by atoms with E-state index < -0.39 is 26.4 Å². The van der Waals surface area contributed by atoms with Gasteiger partial charge in [0.15, 0.2) is 0 Å². The summed E-state index contributed by atoms with van der Waals surface area (Å²) in [5, 5.41) is 2.36. The average molecular weight is 261 g/mol. The van der Waals surface area contributed by atoms with Gasteiger partial charge >= 0.3 is 5.76 Å². The van der Waals surface area contributed by atoms with Crippen LogP contribution in [0.25, 0.3) is 0 Å². The molecule has 1 N–H and O–H groups in total. The quantitative estimate of drug-likeness (QED) is 0.841. The Labute approximate surface area is 96.9 Å². The maximum atomic E-state index is 12.2. The van der Waals surface area contributed by atoms with E-state index in [1.807, 2.05) is 0 Å². The van der Waals surface area contributed by atoms with Gasteiger partial charge in [-0.1, -0.05) is 6.58 Å². The number of carbonyl (C=O) groups excluding carboxylic acids is 1. The molecule has 1 aromatic rings. The van der Waals surface area contributed by atoms with Crippen molar-refractivity contribution in [2.75, 3.05) is 5.32 Å². The van der Waals surface area contributed by atoms with Gasteiger partial charge in [0.2, 0.25) is 15.7 Å². The van der Waals surface area contributed by atoms with Gasteiger partial charge in [0.05, 0.1) is 4.90 Å². The Balaban J connectivity index is 2.96. The first-order valence-electron chi connectivity index (χ1n) is 4.43. The van der Waals surface area contributed by atoms with Crippen LogP contribution in [0.1, 0.15) is 0 Å². The van der Waals surface area contributed by atoms with E-state index in [1.165, 1.54) is 12.1 Å². The van der Waals surface area contributed by atoms with Crippen molar-refractivity contribution >= 4 is 21.4 Å². The first-order valence-corrected chi connectivity index (χ1v) is 5.98. The number of alkyl halides is 2. The topological polar surface area (TPSA) is 63.2 Å². The lowest BCUT2D eigenvalue weighted by Gasteiger charge is -2.05. The minimum atomic E-state index is -4.59. The van der Waals surface area contributed by atoms with Crippen molar-refractivity contribution in [3.05, 3.63) is 36.9 Å². The Hall–Kier alpha value is -1.76. The van der Waals surface area contributed by atoms with E-state index in [-0.39, 0.29) is 0 Å². The number of rotatable bonds is 4. The Morgan fingerprint density at radius 2 is 1.82 bits per heavy atom. The Morgan fingerprint density at radius 1 is 1.29 bits per heavy atom. The highest BCUT2D eigenvalue weighted by atomic mass is 32.2. The molecule has 0 aliphatic heterocycles. The molecule has 0 saturated carbocycles. The molecular formula is C10H9F2NO3S. The molecule has 0 radical (unpaired) electrons. The fourth-order valence-electron chi connectivity index (χ4n) is 1.02. The van der Waals surface area contributed by atoms with Crippen LogP contribution in [-0.2, 0) is 14.6 Å². The summed E-state index contributed by atoms with van der Waals surface area (Å²) in [6, 6.07) is 4.44. The van der Waals surface area contributed by atoms with Gasteiger partial charge in [0, 0.05) is 5.69 Å². The van der Waals surface area contributed by atoms with E-state index in [9.17, 15) is 22.0 Å². The predicted octanol–water partition coefficient (Wildman–Crippen LogP) is 1.81. The maximum Gasteiger partial charge on any atom is 0.341 e. The minimum Gasteiger partial charge on any atom is -0.323 e. The first-order chi connectivity index (χ1) is 7.87. The number of hydrogen-bond donors (Lipinski definition) is 1. The molecule has 0 saturated heterocycles. The number of amides is 1. The molecule has 0 heterocycles. The summed E-state index contributed by atoms with van der Waals surface area (Å²) < 4.78 is 46.5. The summed E-state index contributed by atoms with van der Waals surface area (Å²) in [7, 11) is -4.59. The lowest BCUT2D eigenvalue weighted by atomic mass is 10.3. The summed E-state index contributed by atoms with van der Waals surface area (Å²) in [5.41, 5.74) is 0.295. The van der Waals surface area contributed by atoms with Crippen LogP contribution in [0.15, 0.2) is 41.8 Å². The van der Waals surface area contributed by atoms with Crippen LogP contribution < -0.4 is 5.32 Å². The summed E-state index contributed by atoms with van der Waals surface area (Å²) in [5.74, 6) is -3.94. The highest BCUT2D eigenvalue weighted by Gasteiger charge is 2.26. The lowest BCUT2D eigenvalue weighted by Crippen LogP contribution is -2.12. The third-order valence-electron chi connectivity index (χ3n) is 1.87. The second-order valence-corrected chi connectivity index (χ2v) is 4.94. The maximum absolute atomic E-state index is 12.2. The summed E-state index contributed by atoms with van der Waals surface area (Å²) in [6.45, 7) is 3.23. The van der Waals surface area contributed by atoms with E-state index in [0.29, 0.717) is 5.69 Å². The van der Waals surface area contributed by atoms with Crippen molar-refractivity contribution in [3.8, 4) is 0 Å². The zero-order valence-corrected chi connectivity index (χ0v) is 9.38. The molecule has 0 fully saturated rings. The zero-order chi connectivity index (χ0) is 13.1. The highest BCUT2D eigenvalue weighted by molar-refractivity contribution is 7.91. The van der Waals surface area contributed by atoms with E-state index in [2.05, 4.69) is 11.9 Å². The van der Waals surface area contributed by atoms with Gasteiger partial charge in [-0.3, -0.25) is 4.79 Å². The summed E-state index contributed by atoms with van der Waals surface area (Å²) in [4.78, 5) is 10.4. The molecule has 0 aliphatic rings. The van der Waals surface area contributed by atoms with Crippen molar-refractivity contribution in [2.24, 2.45) is 0 Å². The van der Waals surface area contributed by atoms with Gasteiger partial charge in [-0.15, -0.1) is 0 Å². The van der Waals surface area contributed by atoms with Gasteiger partial charge in [-0.25, -0.2) is 8.42 Å². The Bertz CT molecular complexity index is 523. The van der Waals surface area contributed by atoms with Gasteiger partial charge in [-0.2, -0.15) is 8.78 Å². The molecule has 1 rings (SSSR count). The van der Waals surface area contributed by atoms with E-state index in [0.717, 1.165) is 18.2 Å². The summed E-state index contributed by atoms with van der Waals surface area (Å²) in [6.07, 6.45) is 1.03. The second-order valence-electron chi connectivity index (χ2n) is 3.02. The molecule has 0 unspecified atom stereocenters. The van der Waals surface area contributed by atoms with Crippen molar-refractivity contribution in [1.82, 2.24) is 0 Å². The fourth-order valence-corrected chi connectivity index (χ4v) is 1.75. The van der Waals surface area contributed by atoms with E-state index in [4.69, 9.17) is 0 Å². The van der Waals surface area contributed by atoms with Crippen molar-refractivity contribution < 1.29 is 22.0 Å². The fraction of sp³-hybridized carbons (Fsp3) is 0.100. The summed E-state index contributed by atoms with van der Waals surface area (Å²) >= 11 is 0. The van der Waals surface area contributed by atoms with Crippen LogP contribution in [0.2, 0.25) is 0 Å². The van der Waals surface area contributed by atoms with E-state index in [1.54, 1.807) is 0 Å². The van der Waals surface area contributed by atoms with E-state index >= 15 is 0 Å². The molecule has 17 heavy (non-hydrogen) atoms. The normalized spacial score (nSPS) is 11.2. The molecule has 4 nitrogen and oxygen atoms in total. The smallest absolute Gasteiger partial charge is 0.323 e. The number of benzene rings is 1. The largest absolute Gasteiger partial charge is 0.341 e.